The molecule has 0 bridgehead atoms. The van der Waals surface area contributed by atoms with Crippen LogP contribution < -0.4 is 0 Å². The third kappa shape index (κ3) is 3.28. The molecule has 2 heterocycles. The van der Waals surface area contributed by atoms with Crippen molar-refractivity contribution < 1.29 is 0 Å². The van der Waals surface area contributed by atoms with Gasteiger partial charge in [-0.05, 0) is 56.4 Å². The Kier molecular flexibility index (Phi) is 4.79. The van der Waals surface area contributed by atoms with Crippen molar-refractivity contribution in [2.45, 2.75) is 32.2 Å². The van der Waals surface area contributed by atoms with E-state index in [9.17, 15) is 0 Å². The van der Waals surface area contributed by atoms with Crippen LogP contribution in [0.5, 0.6) is 0 Å². The lowest BCUT2D eigenvalue weighted by atomic mass is 10.1. The molecule has 2 aromatic heterocycles. The van der Waals surface area contributed by atoms with Gasteiger partial charge in [0.2, 0.25) is 0 Å². The van der Waals surface area contributed by atoms with Gasteiger partial charge < -0.3 is 4.57 Å². The number of hydrogen-bond donors (Lipinski definition) is 0. The van der Waals surface area contributed by atoms with E-state index in [1.165, 1.54) is 43.7 Å². The molecule has 0 amide bonds. The van der Waals surface area contributed by atoms with Crippen molar-refractivity contribution in [1.29, 1.82) is 0 Å². The second kappa shape index (κ2) is 7.24. The molecule has 0 radical (unpaired) electrons. The van der Waals surface area contributed by atoms with E-state index in [0.29, 0.717) is 0 Å². The average Bonchev–Trinajstić information content (AvgIpc) is 2.95. The van der Waals surface area contributed by atoms with E-state index in [1.54, 1.807) is 11.8 Å². The summed E-state index contributed by atoms with van der Waals surface area (Å²) in [6.07, 6.45) is 4.04. The number of aryl methyl sites for hydroxylation is 2. The lowest BCUT2D eigenvalue weighted by molar-refractivity contribution is 0.800. The lowest BCUT2D eigenvalue weighted by Gasteiger charge is -2.12. The Morgan fingerprint density at radius 1 is 0.889 bits per heavy atom. The van der Waals surface area contributed by atoms with Crippen LogP contribution in [0.3, 0.4) is 0 Å². The second-order valence-electron chi connectivity index (χ2n) is 7.07. The van der Waals surface area contributed by atoms with Crippen molar-refractivity contribution in [2.24, 2.45) is 0 Å². The summed E-state index contributed by atoms with van der Waals surface area (Å²) in [6.45, 7) is 7.41. The van der Waals surface area contributed by atoms with Gasteiger partial charge in [-0.15, -0.1) is 11.8 Å². The molecule has 0 saturated heterocycles. The maximum atomic E-state index is 4.78. The van der Waals surface area contributed by atoms with Gasteiger partial charge in [-0.1, -0.05) is 42.0 Å². The largest absolute Gasteiger partial charge is 0.338 e. The Labute approximate surface area is 165 Å². The van der Waals surface area contributed by atoms with Crippen molar-refractivity contribution >= 4 is 22.7 Å². The SMILES string of the molecule is CSc1ccc(-c2nccc3c(C)c(C)n(Cc4ccc(C)cc4)c23)cc1. The van der Waals surface area contributed by atoms with E-state index in [1.807, 2.05) is 6.20 Å². The highest BCUT2D eigenvalue weighted by Crippen LogP contribution is 2.33. The summed E-state index contributed by atoms with van der Waals surface area (Å²) >= 11 is 1.76. The van der Waals surface area contributed by atoms with E-state index in [-0.39, 0.29) is 0 Å². The Morgan fingerprint density at radius 2 is 1.59 bits per heavy atom. The first kappa shape index (κ1) is 17.9. The normalized spacial score (nSPS) is 11.3. The predicted molar refractivity (Wildman–Crippen MR) is 117 cm³/mol. The number of aromatic nitrogens is 2. The van der Waals surface area contributed by atoms with E-state index in [2.05, 4.69) is 86.2 Å². The number of benzene rings is 2. The molecule has 0 aliphatic carbocycles. The number of fused-ring (bicyclic) bond motifs is 1. The van der Waals surface area contributed by atoms with Gasteiger partial charge in [0.15, 0.2) is 0 Å². The molecule has 2 aromatic carbocycles. The molecule has 0 atom stereocenters. The summed E-state index contributed by atoms with van der Waals surface area (Å²) in [5, 5.41) is 1.29. The quantitative estimate of drug-likeness (QED) is 0.386. The maximum Gasteiger partial charge on any atom is 0.0945 e. The first-order valence-electron chi connectivity index (χ1n) is 9.23. The molecule has 27 heavy (non-hydrogen) atoms. The van der Waals surface area contributed by atoms with Crippen LogP contribution in [-0.4, -0.2) is 15.8 Å². The minimum atomic E-state index is 0.859. The van der Waals surface area contributed by atoms with Gasteiger partial charge >= 0.3 is 0 Å². The van der Waals surface area contributed by atoms with Gasteiger partial charge in [0, 0.05) is 34.3 Å². The van der Waals surface area contributed by atoms with Crippen LogP contribution in [0, 0.1) is 20.8 Å². The standard InChI is InChI=1S/C24H24N2S/c1-16-5-7-19(8-6-16)15-26-18(3)17(2)22-13-14-25-23(24(22)26)20-9-11-21(27-4)12-10-20/h5-14H,15H2,1-4H3. The average molecular weight is 373 g/mol. The molecule has 2 nitrogen and oxygen atoms in total. The van der Waals surface area contributed by atoms with Crippen LogP contribution in [0.2, 0.25) is 0 Å². The molecule has 136 valence electrons. The molecule has 0 unspecified atom stereocenters. The van der Waals surface area contributed by atoms with Crippen LogP contribution in [0.4, 0.5) is 0 Å². The topological polar surface area (TPSA) is 17.8 Å². The number of hydrogen-bond acceptors (Lipinski definition) is 2. The summed E-state index contributed by atoms with van der Waals surface area (Å²) in [5.41, 5.74) is 8.70. The number of thioether (sulfide) groups is 1. The van der Waals surface area contributed by atoms with Gasteiger partial charge in [-0.3, -0.25) is 4.98 Å². The molecular weight excluding hydrogens is 348 g/mol. The van der Waals surface area contributed by atoms with Crippen LogP contribution >= 0.6 is 11.8 Å². The zero-order valence-corrected chi connectivity index (χ0v) is 17.1. The summed E-state index contributed by atoms with van der Waals surface area (Å²) in [6, 6.07) is 19.7. The molecule has 0 N–H and O–H groups in total. The van der Waals surface area contributed by atoms with Crippen molar-refractivity contribution in [1.82, 2.24) is 9.55 Å². The number of pyridine rings is 1. The summed E-state index contributed by atoms with van der Waals surface area (Å²) < 4.78 is 2.42. The molecule has 0 spiro atoms. The van der Waals surface area contributed by atoms with Gasteiger partial charge in [0.05, 0.1) is 11.2 Å². The highest BCUT2D eigenvalue weighted by Gasteiger charge is 2.16. The van der Waals surface area contributed by atoms with Gasteiger partial charge in [-0.2, -0.15) is 0 Å². The van der Waals surface area contributed by atoms with Crippen LogP contribution in [0.15, 0.2) is 65.7 Å². The van der Waals surface area contributed by atoms with Crippen LogP contribution in [0.1, 0.15) is 22.4 Å². The zero-order valence-electron chi connectivity index (χ0n) is 16.3. The molecule has 0 saturated carbocycles. The van der Waals surface area contributed by atoms with Crippen molar-refractivity contribution in [3.8, 4) is 11.3 Å². The van der Waals surface area contributed by atoms with Crippen molar-refractivity contribution in [2.75, 3.05) is 6.26 Å². The van der Waals surface area contributed by atoms with Gasteiger partial charge in [-0.25, -0.2) is 0 Å². The Balaban J connectivity index is 1.90. The van der Waals surface area contributed by atoms with E-state index in [0.717, 1.165) is 12.2 Å². The van der Waals surface area contributed by atoms with E-state index >= 15 is 0 Å². The monoisotopic (exact) mass is 372 g/mol. The summed E-state index contributed by atoms with van der Waals surface area (Å²) in [5.74, 6) is 0. The summed E-state index contributed by atoms with van der Waals surface area (Å²) in [4.78, 5) is 6.05. The molecule has 0 aliphatic rings. The predicted octanol–water partition coefficient (Wildman–Crippen LogP) is 6.40. The fourth-order valence-corrected chi connectivity index (χ4v) is 4.04. The smallest absolute Gasteiger partial charge is 0.0945 e. The first-order chi connectivity index (χ1) is 13.1. The van der Waals surface area contributed by atoms with Crippen LogP contribution in [-0.2, 0) is 6.54 Å². The minimum Gasteiger partial charge on any atom is -0.338 e. The highest BCUT2D eigenvalue weighted by molar-refractivity contribution is 7.98. The van der Waals surface area contributed by atoms with Gasteiger partial charge in [0.25, 0.3) is 0 Å². The molecule has 3 heteroatoms. The Bertz CT molecular complexity index is 1090. The first-order valence-corrected chi connectivity index (χ1v) is 10.5. The maximum absolute atomic E-state index is 4.78. The molecular formula is C24H24N2S. The fraction of sp³-hybridized carbons (Fsp3) is 0.208. The third-order valence-corrected chi connectivity index (χ3v) is 6.11. The Hall–Kier alpha value is -2.52. The minimum absolute atomic E-state index is 0.859. The highest BCUT2D eigenvalue weighted by atomic mass is 32.2. The van der Waals surface area contributed by atoms with E-state index < -0.39 is 0 Å². The third-order valence-electron chi connectivity index (χ3n) is 5.37. The number of nitrogens with zero attached hydrogens (tertiary/aromatic N) is 2. The second-order valence-corrected chi connectivity index (χ2v) is 7.95. The summed E-state index contributed by atoms with van der Waals surface area (Å²) in [7, 11) is 0. The van der Waals surface area contributed by atoms with Crippen molar-refractivity contribution in [3.05, 3.63) is 83.2 Å². The zero-order chi connectivity index (χ0) is 19.0. The molecule has 0 fully saturated rings. The van der Waals surface area contributed by atoms with Crippen LogP contribution in [0.25, 0.3) is 22.2 Å². The Morgan fingerprint density at radius 3 is 2.26 bits per heavy atom. The van der Waals surface area contributed by atoms with Crippen molar-refractivity contribution in [3.63, 3.8) is 0 Å². The lowest BCUT2D eigenvalue weighted by Crippen LogP contribution is -2.03. The number of rotatable bonds is 4. The molecule has 4 rings (SSSR count). The van der Waals surface area contributed by atoms with E-state index in [4.69, 9.17) is 4.98 Å². The molecule has 0 aliphatic heterocycles. The fourth-order valence-electron chi connectivity index (χ4n) is 3.63. The molecule has 4 aromatic rings. The van der Waals surface area contributed by atoms with Gasteiger partial charge in [0.1, 0.15) is 0 Å².